The van der Waals surface area contributed by atoms with E-state index in [0.717, 1.165) is 57.4 Å². The van der Waals surface area contributed by atoms with Gasteiger partial charge in [-0.1, -0.05) is 63.8 Å². The van der Waals surface area contributed by atoms with Gasteiger partial charge in [-0.15, -0.1) is 0 Å². The van der Waals surface area contributed by atoms with Crippen molar-refractivity contribution in [3.8, 4) is 23.9 Å². The van der Waals surface area contributed by atoms with E-state index in [9.17, 15) is 0 Å². The zero-order valence-corrected chi connectivity index (χ0v) is 54.8. The third kappa shape index (κ3) is 34.0. The summed E-state index contributed by atoms with van der Waals surface area (Å²) in [5.74, 6) is 6.47. The van der Waals surface area contributed by atoms with Gasteiger partial charge in [0.05, 0.1) is 222 Å². The summed E-state index contributed by atoms with van der Waals surface area (Å²) in [5.41, 5.74) is 9.31. The smallest absolute Gasteiger partial charge is 0.343 e. The Kier molecular flexibility index (Phi) is 36.9. The Morgan fingerprint density at radius 2 is 0.556 bits per heavy atom. The molecule has 11 nitrogen and oxygen atoms in total. The number of fused-ring (bicyclic) bond motifs is 2. The molecule has 0 amide bonds. The maximum absolute atomic E-state index is 4.91. The lowest BCUT2D eigenvalue weighted by Crippen LogP contribution is -2.73. The first-order valence-corrected chi connectivity index (χ1v) is 28.9. The average Bonchev–Trinajstić information content (AvgIpc) is 3.18. The Bertz CT molecular complexity index is 2510. The van der Waals surface area contributed by atoms with Crippen LogP contribution in [0.4, 0.5) is 22.7 Å². The Morgan fingerprint density at radius 3 is 0.728 bits per heavy atom. The second-order valence-electron chi connectivity index (χ2n) is 29.6. The molecule has 0 aliphatic heterocycles. The minimum atomic E-state index is -1.23. The van der Waals surface area contributed by atoms with E-state index in [1.54, 1.807) is 0 Å². The maximum Gasteiger partial charge on any atom is 0.514 e. The minimum absolute atomic E-state index is 0. The van der Waals surface area contributed by atoms with Crippen molar-refractivity contribution in [2.45, 2.75) is 65.1 Å². The van der Waals surface area contributed by atoms with Crippen LogP contribution in [0.1, 0.15) is 63.1 Å². The Balaban J connectivity index is -0.000000174. The van der Waals surface area contributed by atoms with Crippen LogP contribution in [-0.2, 0) is 0 Å². The highest BCUT2D eigenvalue weighted by Crippen LogP contribution is 2.29. The van der Waals surface area contributed by atoms with Crippen molar-refractivity contribution in [3.05, 3.63) is 102 Å². The van der Waals surface area contributed by atoms with Gasteiger partial charge in [0, 0.05) is 71.4 Å². The molecule has 0 aliphatic carbocycles. The summed E-state index contributed by atoms with van der Waals surface area (Å²) >= 11 is 0. The maximum atomic E-state index is 4.91. The zero-order chi connectivity index (χ0) is 58.1. The molecule has 5 rings (SSSR count). The molecule has 1 aromatic heterocycles. The number of hydrogen-bond donors (Lipinski definition) is 0. The lowest BCUT2D eigenvalue weighted by atomic mass is 10.1. The van der Waals surface area contributed by atoms with Crippen molar-refractivity contribution in [2.75, 3.05) is 218 Å². The molecular formula is C69H141N11Si+10. The van der Waals surface area contributed by atoms with Gasteiger partial charge < -0.3 is 8.30 Å². The molecule has 0 bridgehead atoms. The summed E-state index contributed by atoms with van der Waals surface area (Å²) in [5, 5.41) is 2.39. The quantitative estimate of drug-likeness (QED) is 0.0496. The van der Waals surface area contributed by atoms with Gasteiger partial charge in [-0.2, -0.15) is 0 Å². The van der Waals surface area contributed by atoms with E-state index in [4.69, 9.17) is 4.98 Å². The standard InChI is InChI=1S/C20H26N2.C19H25N3.C8H24N2Si.C8H18N2.C7H20N2.7CH4/c1-21(2,3)19-13-9-17(10-14-19)7-8-18-11-15-20(16-12-18)22(4,5)6;1-21(2,3)16-9-7-14-11-15-8-10-17(22(4,5)6)13-19(15)20-18(14)12-16;1-9(2,3)11(7,8)10(4,5)6;1-9(2,3)7-8-10(4,5)6;1-8(2,3)7-9(4,5)6;;;;;;;/h9-16H,1-6H3;7-13H,1-6H3;1-8H3;1-6H3;7H2,1-6H3;7*1H4/q5*+2;;;;;;;. The molecule has 12 heteroatoms. The first kappa shape index (κ1) is 90.3. The van der Waals surface area contributed by atoms with E-state index in [0.29, 0.717) is 8.97 Å². The van der Waals surface area contributed by atoms with Gasteiger partial charge in [-0.05, 0) is 54.6 Å². The summed E-state index contributed by atoms with van der Waals surface area (Å²) < 4.78 is 8.95. The second-order valence-corrected chi connectivity index (χ2v) is 35.3. The molecule has 0 fully saturated rings. The molecule has 466 valence electrons. The SMILES string of the molecule is C.C.C.C.C.C.C.C[N+](C)(C)C#C[N+](C)(C)C.C[N+](C)(C)C[N+](C)(C)C.C[N+](C)(C)[Si](C)(C)[N+](C)(C)C.C[N+](C)(C)c1ccc(C#Cc2ccc([N+](C)(C)C)cc2)cc1.C[N+](C)(C)c1ccc2cc3ccc([N+](C)(C)C)cc3nc2c1. The number of rotatable bonds is 8. The highest BCUT2D eigenvalue weighted by molar-refractivity contribution is 6.62. The number of aromatic nitrogens is 1. The van der Waals surface area contributed by atoms with E-state index in [1.165, 1.54) is 40.2 Å². The average molecular weight is 1150 g/mol. The van der Waals surface area contributed by atoms with Gasteiger partial charge in [0.1, 0.15) is 22.7 Å². The van der Waals surface area contributed by atoms with Crippen LogP contribution in [0.5, 0.6) is 0 Å². The number of pyridine rings is 1. The number of nitrogens with zero attached hydrogens (tertiary/aromatic N) is 11. The lowest BCUT2D eigenvalue weighted by Gasteiger charge is -2.46. The van der Waals surface area contributed by atoms with Gasteiger partial charge >= 0.3 is 8.40 Å². The van der Waals surface area contributed by atoms with E-state index in [1.807, 2.05) is 0 Å². The van der Waals surface area contributed by atoms with Crippen LogP contribution in [-0.4, -0.2) is 258 Å². The molecule has 5 aromatic rings. The molecule has 0 radical (unpaired) electrons. The molecule has 0 spiro atoms. The van der Waals surface area contributed by atoms with Crippen molar-refractivity contribution in [1.29, 1.82) is 0 Å². The van der Waals surface area contributed by atoms with Crippen molar-refractivity contribution in [1.82, 2.24) is 22.9 Å². The van der Waals surface area contributed by atoms with E-state index in [-0.39, 0.29) is 52.0 Å². The van der Waals surface area contributed by atoms with Crippen LogP contribution >= 0.6 is 0 Å². The summed E-state index contributed by atoms with van der Waals surface area (Å²) in [6, 6.07) is 38.5. The largest absolute Gasteiger partial charge is 0.514 e. The number of quaternary nitrogens is 10. The predicted octanol–water partition coefficient (Wildman–Crippen LogP) is 13.5. The molecule has 0 saturated heterocycles. The first-order valence-electron chi connectivity index (χ1n) is 26.0. The molecule has 0 atom stereocenters. The monoisotopic (exact) mass is 1150 g/mol. The molecule has 0 N–H and O–H groups in total. The Morgan fingerprint density at radius 1 is 0.321 bits per heavy atom. The molecular weight excluding hydrogens is 1010 g/mol. The van der Waals surface area contributed by atoms with Crippen LogP contribution in [0.2, 0.25) is 13.1 Å². The lowest BCUT2D eigenvalue weighted by molar-refractivity contribution is -1.05. The molecule has 81 heavy (non-hydrogen) atoms. The summed E-state index contributed by atoms with van der Waals surface area (Å²) in [4.78, 5) is 4.91. The highest BCUT2D eigenvalue weighted by Gasteiger charge is 2.53. The van der Waals surface area contributed by atoms with E-state index in [2.05, 4.69) is 339 Å². The third-order valence-electron chi connectivity index (χ3n) is 12.6. The fourth-order valence-electron chi connectivity index (χ4n) is 7.23. The molecule has 0 unspecified atom stereocenters. The molecule has 0 saturated carbocycles. The van der Waals surface area contributed by atoms with Crippen molar-refractivity contribution in [2.24, 2.45) is 0 Å². The normalized spacial score (nSPS) is 11.9. The number of hydrogen-bond acceptors (Lipinski definition) is 1. The van der Waals surface area contributed by atoms with Crippen molar-refractivity contribution in [3.63, 3.8) is 0 Å². The van der Waals surface area contributed by atoms with Gasteiger partial charge in [0.15, 0.2) is 0 Å². The first-order chi connectivity index (χ1) is 32.7. The topological polar surface area (TPSA) is 12.9 Å². The van der Waals surface area contributed by atoms with Gasteiger partial charge in [0.25, 0.3) is 0 Å². The van der Waals surface area contributed by atoms with Crippen molar-refractivity contribution < 1.29 is 26.2 Å². The van der Waals surface area contributed by atoms with E-state index < -0.39 is 8.40 Å². The van der Waals surface area contributed by atoms with Gasteiger partial charge in [-0.25, -0.2) is 14.0 Å². The van der Waals surface area contributed by atoms with Crippen LogP contribution in [0.15, 0.2) is 91.0 Å². The van der Waals surface area contributed by atoms with Crippen LogP contribution in [0, 0.1) is 23.9 Å². The molecule has 4 aromatic carbocycles. The molecule has 0 aliphatic rings. The fourth-order valence-corrected chi connectivity index (χ4v) is 9.03. The Hall–Kier alpha value is -4.51. The van der Waals surface area contributed by atoms with Crippen LogP contribution in [0.3, 0.4) is 0 Å². The Labute approximate surface area is 508 Å². The van der Waals surface area contributed by atoms with Gasteiger partial charge in [0.2, 0.25) is 18.8 Å². The van der Waals surface area contributed by atoms with Gasteiger partial charge in [-0.3, -0.25) is 26.9 Å². The highest BCUT2D eigenvalue weighted by atomic mass is 28.3. The van der Waals surface area contributed by atoms with E-state index >= 15 is 0 Å². The summed E-state index contributed by atoms with van der Waals surface area (Å²) in [6.45, 7) is 6.04. The van der Waals surface area contributed by atoms with Crippen molar-refractivity contribution >= 4 is 53.0 Å². The summed E-state index contributed by atoms with van der Waals surface area (Å²) in [7, 11) is 64.2. The predicted molar refractivity (Wildman–Crippen MR) is 382 cm³/mol. The third-order valence-corrected chi connectivity index (χ3v) is 19.2. The fraction of sp³-hybridized carbons (Fsp3) is 0.580. The molecule has 1 heterocycles. The van der Waals surface area contributed by atoms with Crippen LogP contribution in [0.25, 0.3) is 21.8 Å². The second kappa shape index (κ2) is 33.1. The van der Waals surface area contributed by atoms with Crippen LogP contribution < -0.4 is 17.9 Å². The minimum Gasteiger partial charge on any atom is -0.343 e. The summed E-state index contributed by atoms with van der Waals surface area (Å²) in [6.07, 6.45) is 0. The zero-order valence-electron chi connectivity index (χ0n) is 53.8. The number of benzene rings is 4.